The van der Waals surface area contributed by atoms with E-state index in [2.05, 4.69) is 12.2 Å². The Morgan fingerprint density at radius 2 is 2.06 bits per heavy atom. The fourth-order valence-electron chi connectivity index (χ4n) is 1.59. The van der Waals surface area contributed by atoms with Crippen molar-refractivity contribution in [1.29, 1.82) is 0 Å². The topological polar surface area (TPSA) is 21.3 Å². The van der Waals surface area contributed by atoms with Crippen LogP contribution >= 0.6 is 11.6 Å². The normalized spacial score (nSPS) is 10.6. The number of nitrogens with one attached hydrogen (secondary N) is 1. The molecule has 0 heterocycles. The number of halogens is 2. The number of unbranched alkanes of at least 4 members (excludes halogenated alkanes) is 2. The summed E-state index contributed by atoms with van der Waals surface area (Å²) < 4.78 is 18.6. The lowest BCUT2D eigenvalue weighted by Crippen LogP contribution is -2.15. The van der Waals surface area contributed by atoms with Crippen molar-refractivity contribution in [2.24, 2.45) is 0 Å². The zero-order valence-electron chi connectivity index (χ0n) is 10.8. The number of benzene rings is 1. The molecule has 0 saturated heterocycles. The third-order valence-corrected chi connectivity index (χ3v) is 2.89. The van der Waals surface area contributed by atoms with Gasteiger partial charge in [0.15, 0.2) is 0 Å². The molecule has 0 unspecified atom stereocenters. The summed E-state index contributed by atoms with van der Waals surface area (Å²) in [6, 6.07) is 4.53. The highest BCUT2D eigenvalue weighted by molar-refractivity contribution is 6.30. The molecule has 1 N–H and O–H groups in total. The van der Waals surface area contributed by atoms with Crippen LogP contribution in [0.1, 0.15) is 32.6 Å². The molecule has 0 bridgehead atoms. The van der Waals surface area contributed by atoms with Crippen LogP contribution in [-0.2, 0) is 0 Å². The molecule has 0 aliphatic carbocycles. The highest BCUT2D eigenvalue weighted by Crippen LogP contribution is 2.20. The summed E-state index contributed by atoms with van der Waals surface area (Å²) in [5.74, 6) is 0.110. The van der Waals surface area contributed by atoms with E-state index in [0.717, 1.165) is 32.4 Å². The molecule has 0 amide bonds. The summed E-state index contributed by atoms with van der Waals surface area (Å²) in [5, 5.41) is 3.48. The number of hydrogen-bond acceptors (Lipinski definition) is 2. The van der Waals surface area contributed by atoms with E-state index < -0.39 is 5.82 Å². The zero-order valence-corrected chi connectivity index (χ0v) is 11.6. The Bertz CT molecular complexity index is 347. The number of rotatable bonds is 9. The van der Waals surface area contributed by atoms with Gasteiger partial charge in [-0.2, -0.15) is 0 Å². The predicted octanol–water partition coefficient (Wildman–Crippen LogP) is 4.03. The summed E-state index contributed by atoms with van der Waals surface area (Å²) >= 11 is 5.59. The van der Waals surface area contributed by atoms with Gasteiger partial charge in [0.1, 0.15) is 11.6 Å². The van der Waals surface area contributed by atoms with Gasteiger partial charge in [0, 0.05) is 6.07 Å². The van der Waals surface area contributed by atoms with Gasteiger partial charge >= 0.3 is 0 Å². The van der Waals surface area contributed by atoms with Crippen molar-refractivity contribution in [3.63, 3.8) is 0 Å². The van der Waals surface area contributed by atoms with Crippen LogP contribution in [0.4, 0.5) is 4.39 Å². The fourth-order valence-corrected chi connectivity index (χ4v) is 1.70. The Balaban J connectivity index is 2.05. The average molecular weight is 274 g/mol. The molecule has 0 aliphatic heterocycles. The van der Waals surface area contributed by atoms with E-state index in [1.54, 1.807) is 6.07 Å². The molecule has 2 nitrogen and oxygen atoms in total. The van der Waals surface area contributed by atoms with Crippen LogP contribution in [0.5, 0.6) is 5.75 Å². The van der Waals surface area contributed by atoms with Crippen molar-refractivity contribution in [3.05, 3.63) is 29.0 Å². The molecule has 4 heteroatoms. The van der Waals surface area contributed by atoms with Crippen LogP contribution in [0.3, 0.4) is 0 Å². The van der Waals surface area contributed by atoms with Gasteiger partial charge in [-0.15, -0.1) is 0 Å². The maximum Gasteiger partial charge on any atom is 0.145 e. The van der Waals surface area contributed by atoms with Gasteiger partial charge in [-0.3, -0.25) is 0 Å². The lowest BCUT2D eigenvalue weighted by Gasteiger charge is -2.07. The van der Waals surface area contributed by atoms with Gasteiger partial charge in [0.25, 0.3) is 0 Å². The average Bonchev–Trinajstić information content (AvgIpc) is 2.37. The number of hydrogen-bond donors (Lipinski definition) is 1. The minimum atomic E-state index is -0.432. The van der Waals surface area contributed by atoms with E-state index in [-0.39, 0.29) is 5.02 Å². The van der Waals surface area contributed by atoms with Crippen LogP contribution in [0.2, 0.25) is 5.02 Å². The van der Waals surface area contributed by atoms with Crippen LogP contribution in [0.15, 0.2) is 18.2 Å². The van der Waals surface area contributed by atoms with E-state index >= 15 is 0 Å². The molecule has 1 aromatic carbocycles. The maximum absolute atomic E-state index is 13.1. The van der Waals surface area contributed by atoms with Crippen molar-refractivity contribution in [2.75, 3.05) is 19.7 Å². The van der Waals surface area contributed by atoms with Gasteiger partial charge in [0.05, 0.1) is 11.6 Å². The quantitative estimate of drug-likeness (QED) is 0.686. The first-order valence-electron chi connectivity index (χ1n) is 6.52. The molecule has 0 aromatic heterocycles. The Hall–Kier alpha value is -0.800. The van der Waals surface area contributed by atoms with Crippen LogP contribution in [0, 0.1) is 5.82 Å². The minimum absolute atomic E-state index is 0.129. The molecule has 18 heavy (non-hydrogen) atoms. The van der Waals surface area contributed by atoms with Crippen molar-refractivity contribution in [3.8, 4) is 5.75 Å². The molecule has 1 rings (SSSR count). The Morgan fingerprint density at radius 1 is 1.22 bits per heavy atom. The lowest BCUT2D eigenvalue weighted by molar-refractivity contribution is 0.303. The molecule has 0 radical (unpaired) electrons. The molecule has 0 saturated carbocycles. The summed E-state index contributed by atoms with van der Waals surface area (Å²) in [7, 11) is 0. The van der Waals surface area contributed by atoms with Crippen molar-refractivity contribution in [1.82, 2.24) is 5.32 Å². The smallest absolute Gasteiger partial charge is 0.145 e. The molecule has 0 aliphatic rings. The second-order valence-electron chi connectivity index (χ2n) is 4.24. The maximum atomic E-state index is 13.1. The molecule has 0 spiro atoms. The first-order chi connectivity index (χ1) is 8.74. The second kappa shape index (κ2) is 9.17. The Kier molecular flexibility index (Phi) is 7.78. The molecule has 1 aromatic rings. The lowest BCUT2D eigenvalue weighted by atomic mass is 10.2. The third kappa shape index (κ3) is 6.22. The van der Waals surface area contributed by atoms with E-state index in [1.807, 2.05) is 0 Å². The van der Waals surface area contributed by atoms with Crippen molar-refractivity contribution in [2.45, 2.75) is 32.6 Å². The van der Waals surface area contributed by atoms with Gasteiger partial charge in [-0.05, 0) is 50.9 Å². The van der Waals surface area contributed by atoms with E-state index in [0.29, 0.717) is 12.4 Å². The van der Waals surface area contributed by atoms with Crippen LogP contribution < -0.4 is 10.1 Å². The molecular weight excluding hydrogens is 253 g/mol. The van der Waals surface area contributed by atoms with Crippen LogP contribution in [-0.4, -0.2) is 19.7 Å². The van der Waals surface area contributed by atoms with Gasteiger partial charge < -0.3 is 10.1 Å². The largest absolute Gasteiger partial charge is 0.493 e. The molecule has 0 fully saturated rings. The van der Waals surface area contributed by atoms with E-state index in [1.165, 1.54) is 18.6 Å². The molecular formula is C14H21ClFNO. The third-order valence-electron chi connectivity index (χ3n) is 2.58. The van der Waals surface area contributed by atoms with Crippen molar-refractivity contribution < 1.29 is 9.13 Å². The van der Waals surface area contributed by atoms with Crippen LogP contribution in [0.25, 0.3) is 0 Å². The predicted molar refractivity (Wildman–Crippen MR) is 73.9 cm³/mol. The first kappa shape index (κ1) is 15.3. The minimum Gasteiger partial charge on any atom is -0.493 e. The Morgan fingerprint density at radius 3 is 2.78 bits per heavy atom. The summed E-state index contributed by atoms with van der Waals surface area (Å²) in [5.41, 5.74) is 0. The summed E-state index contributed by atoms with van der Waals surface area (Å²) in [6.07, 6.45) is 4.43. The zero-order chi connectivity index (χ0) is 13.2. The Labute approximate surface area is 113 Å². The van der Waals surface area contributed by atoms with E-state index in [4.69, 9.17) is 16.3 Å². The number of ether oxygens (including phenoxy) is 1. The van der Waals surface area contributed by atoms with Gasteiger partial charge in [-0.1, -0.05) is 18.5 Å². The molecule has 0 atom stereocenters. The summed E-state index contributed by atoms with van der Waals surface area (Å²) in [4.78, 5) is 0. The highest BCUT2D eigenvalue weighted by Gasteiger charge is 2.01. The highest BCUT2D eigenvalue weighted by atomic mass is 35.5. The monoisotopic (exact) mass is 273 g/mol. The summed E-state index contributed by atoms with van der Waals surface area (Å²) in [6.45, 7) is 4.92. The standard InChI is InChI=1S/C14H21ClFNO/c1-2-8-17-9-4-3-5-10-18-12-6-7-13(15)14(16)11-12/h6-7,11,17H,2-5,8-10H2,1H3. The van der Waals surface area contributed by atoms with Gasteiger partial charge in [-0.25, -0.2) is 4.39 Å². The second-order valence-corrected chi connectivity index (χ2v) is 4.64. The fraction of sp³-hybridized carbons (Fsp3) is 0.571. The van der Waals surface area contributed by atoms with E-state index in [9.17, 15) is 4.39 Å². The van der Waals surface area contributed by atoms with Crippen molar-refractivity contribution >= 4 is 11.6 Å². The van der Waals surface area contributed by atoms with Gasteiger partial charge in [0.2, 0.25) is 0 Å². The molecule has 102 valence electrons. The first-order valence-corrected chi connectivity index (χ1v) is 6.90. The SMILES string of the molecule is CCCNCCCCCOc1ccc(Cl)c(F)c1.